The fourth-order valence-electron chi connectivity index (χ4n) is 3.05. The van der Waals surface area contributed by atoms with Crippen molar-refractivity contribution in [3.63, 3.8) is 0 Å². The lowest BCUT2D eigenvalue weighted by molar-refractivity contribution is -0.113. The van der Waals surface area contributed by atoms with E-state index in [-0.39, 0.29) is 11.7 Å². The number of aromatic nitrogens is 2. The lowest BCUT2D eigenvalue weighted by atomic mass is 10.1. The summed E-state index contributed by atoms with van der Waals surface area (Å²) in [6, 6.07) is 27.4. The Morgan fingerprint density at radius 1 is 1.00 bits per heavy atom. The lowest BCUT2D eigenvalue weighted by Gasteiger charge is -2.09. The number of hydrogen-bond acceptors (Lipinski definition) is 4. The standard InChI is InChI=1S/C23H18N4OS/c24-15-14-17-10-12-18(13-11-17)25-22(28)16-29-23-26-20-8-4-5-9-21(20)27(23)19-6-2-1-3-7-19/h1-13H,14,16H2,(H,25,28). The molecule has 5 nitrogen and oxygen atoms in total. The first-order valence-electron chi connectivity index (χ1n) is 9.16. The van der Waals surface area contributed by atoms with E-state index < -0.39 is 0 Å². The molecule has 0 aliphatic rings. The monoisotopic (exact) mass is 398 g/mol. The summed E-state index contributed by atoms with van der Waals surface area (Å²) < 4.78 is 2.07. The van der Waals surface area contributed by atoms with Crippen LogP contribution in [0, 0.1) is 11.3 Å². The van der Waals surface area contributed by atoms with Crippen LogP contribution in [0.5, 0.6) is 0 Å². The number of benzene rings is 3. The van der Waals surface area contributed by atoms with E-state index in [2.05, 4.69) is 16.0 Å². The highest BCUT2D eigenvalue weighted by Crippen LogP contribution is 2.28. The van der Waals surface area contributed by atoms with E-state index in [0.29, 0.717) is 12.1 Å². The van der Waals surface area contributed by atoms with Gasteiger partial charge in [-0.05, 0) is 42.0 Å². The number of anilines is 1. The van der Waals surface area contributed by atoms with Crippen molar-refractivity contribution in [3.8, 4) is 11.8 Å². The molecule has 29 heavy (non-hydrogen) atoms. The first-order valence-corrected chi connectivity index (χ1v) is 10.1. The normalized spacial score (nSPS) is 10.6. The maximum Gasteiger partial charge on any atom is 0.234 e. The molecule has 0 bridgehead atoms. The van der Waals surface area contributed by atoms with Crippen molar-refractivity contribution in [3.05, 3.63) is 84.4 Å². The Morgan fingerprint density at radius 3 is 2.48 bits per heavy atom. The van der Waals surface area contributed by atoms with Crippen LogP contribution in [0.15, 0.2) is 84.0 Å². The van der Waals surface area contributed by atoms with Gasteiger partial charge in [-0.25, -0.2) is 4.98 Å². The van der Waals surface area contributed by atoms with Crippen LogP contribution >= 0.6 is 11.8 Å². The number of nitrogens with zero attached hydrogens (tertiary/aromatic N) is 3. The maximum atomic E-state index is 12.4. The molecule has 0 fully saturated rings. The molecule has 0 atom stereocenters. The van der Waals surface area contributed by atoms with Crippen LogP contribution in [0.4, 0.5) is 5.69 Å². The summed E-state index contributed by atoms with van der Waals surface area (Å²) in [5, 5.41) is 12.4. The molecule has 3 aromatic carbocycles. The van der Waals surface area contributed by atoms with Crippen molar-refractivity contribution >= 4 is 34.4 Å². The van der Waals surface area contributed by atoms with Gasteiger partial charge in [-0.2, -0.15) is 5.26 Å². The summed E-state index contributed by atoms with van der Waals surface area (Å²) in [5.41, 5.74) is 4.56. The minimum atomic E-state index is -0.102. The molecule has 1 N–H and O–H groups in total. The van der Waals surface area contributed by atoms with E-state index in [1.165, 1.54) is 11.8 Å². The molecule has 4 rings (SSSR count). The van der Waals surface area contributed by atoms with Crippen LogP contribution < -0.4 is 5.32 Å². The van der Waals surface area contributed by atoms with Crippen molar-refractivity contribution in [1.29, 1.82) is 5.26 Å². The van der Waals surface area contributed by atoms with Gasteiger partial charge in [0.05, 0.1) is 29.3 Å². The molecule has 1 amide bonds. The Kier molecular flexibility index (Phi) is 5.59. The van der Waals surface area contributed by atoms with Crippen LogP contribution in [-0.2, 0) is 11.2 Å². The summed E-state index contributed by atoms with van der Waals surface area (Å²) in [4.78, 5) is 17.2. The second-order valence-corrected chi connectivity index (χ2v) is 7.37. The number of thioether (sulfide) groups is 1. The van der Waals surface area contributed by atoms with Crippen molar-refractivity contribution in [2.75, 3.05) is 11.1 Å². The molecular formula is C23H18N4OS. The Hall–Kier alpha value is -3.56. The molecular weight excluding hydrogens is 380 g/mol. The van der Waals surface area contributed by atoms with Gasteiger partial charge in [0.2, 0.25) is 5.91 Å². The van der Waals surface area contributed by atoms with Crippen LogP contribution in [-0.4, -0.2) is 21.2 Å². The van der Waals surface area contributed by atoms with Crippen LogP contribution in [0.3, 0.4) is 0 Å². The Morgan fingerprint density at radius 2 is 1.72 bits per heavy atom. The van der Waals surface area contributed by atoms with E-state index in [1.807, 2.05) is 78.9 Å². The van der Waals surface area contributed by atoms with Gasteiger partial charge in [-0.1, -0.05) is 54.2 Å². The number of hydrogen-bond donors (Lipinski definition) is 1. The Bertz CT molecular complexity index is 1180. The summed E-state index contributed by atoms with van der Waals surface area (Å²) in [6.07, 6.45) is 0.361. The molecule has 1 heterocycles. The van der Waals surface area contributed by atoms with Crippen molar-refractivity contribution in [2.24, 2.45) is 0 Å². The summed E-state index contributed by atoms with van der Waals surface area (Å²) >= 11 is 1.40. The number of fused-ring (bicyclic) bond motifs is 1. The quantitative estimate of drug-likeness (QED) is 0.473. The number of nitrogens with one attached hydrogen (secondary N) is 1. The third-order valence-corrected chi connectivity index (χ3v) is 5.34. The average Bonchev–Trinajstić information content (AvgIpc) is 3.13. The zero-order valence-corrected chi connectivity index (χ0v) is 16.4. The fourth-order valence-corrected chi connectivity index (χ4v) is 3.88. The van der Waals surface area contributed by atoms with Crippen LogP contribution in [0.1, 0.15) is 5.56 Å². The minimum absolute atomic E-state index is 0.102. The second kappa shape index (κ2) is 8.63. The van der Waals surface area contributed by atoms with Gasteiger partial charge < -0.3 is 5.32 Å². The molecule has 0 aliphatic carbocycles. The van der Waals surface area contributed by atoms with Gasteiger partial charge in [0.25, 0.3) is 0 Å². The molecule has 0 radical (unpaired) electrons. The first-order chi connectivity index (χ1) is 14.2. The van der Waals surface area contributed by atoms with E-state index in [0.717, 1.165) is 27.4 Å². The first kappa shape index (κ1) is 18.8. The number of rotatable bonds is 6. The Balaban J connectivity index is 1.51. The average molecular weight is 398 g/mol. The number of para-hydroxylation sites is 3. The lowest BCUT2D eigenvalue weighted by Crippen LogP contribution is -2.14. The van der Waals surface area contributed by atoms with E-state index >= 15 is 0 Å². The zero-order valence-electron chi connectivity index (χ0n) is 15.6. The molecule has 0 saturated heterocycles. The smallest absolute Gasteiger partial charge is 0.234 e. The predicted molar refractivity (Wildman–Crippen MR) is 116 cm³/mol. The third-order valence-electron chi connectivity index (χ3n) is 4.40. The number of carbonyl (C=O) groups is 1. The highest BCUT2D eigenvalue weighted by molar-refractivity contribution is 7.99. The molecule has 0 unspecified atom stereocenters. The maximum absolute atomic E-state index is 12.4. The highest BCUT2D eigenvalue weighted by atomic mass is 32.2. The van der Waals surface area contributed by atoms with E-state index in [1.54, 1.807) is 0 Å². The van der Waals surface area contributed by atoms with Gasteiger partial charge in [0.15, 0.2) is 5.16 Å². The van der Waals surface area contributed by atoms with Gasteiger partial charge in [0.1, 0.15) is 0 Å². The predicted octanol–water partition coefficient (Wildman–Crippen LogP) is 4.82. The van der Waals surface area contributed by atoms with Crippen LogP contribution in [0.25, 0.3) is 16.7 Å². The summed E-state index contributed by atoms with van der Waals surface area (Å²) in [7, 11) is 0. The fraction of sp³-hybridized carbons (Fsp3) is 0.0870. The molecule has 1 aromatic heterocycles. The van der Waals surface area contributed by atoms with Crippen molar-refractivity contribution < 1.29 is 4.79 Å². The number of imidazole rings is 1. The van der Waals surface area contributed by atoms with Gasteiger partial charge in [-0.3, -0.25) is 9.36 Å². The van der Waals surface area contributed by atoms with Crippen LogP contribution in [0.2, 0.25) is 0 Å². The molecule has 0 spiro atoms. The third kappa shape index (κ3) is 4.31. The molecule has 6 heteroatoms. The van der Waals surface area contributed by atoms with Crippen molar-refractivity contribution in [1.82, 2.24) is 9.55 Å². The molecule has 0 saturated carbocycles. The second-order valence-electron chi connectivity index (χ2n) is 6.42. The van der Waals surface area contributed by atoms with E-state index in [4.69, 9.17) is 10.2 Å². The van der Waals surface area contributed by atoms with Gasteiger partial charge >= 0.3 is 0 Å². The topological polar surface area (TPSA) is 70.7 Å². The molecule has 0 aliphatic heterocycles. The van der Waals surface area contributed by atoms with Gasteiger partial charge in [0, 0.05) is 11.4 Å². The van der Waals surface area contributed by atoms with Gasteiger partial charge in [-0.15, -0.1) is 0 Å². The summed E-state index contributed by atoms with van der Waals surface area (Å²) in [5.74, 6) is 0.144. The number of nitriles is 1. The highest BCUT2D eigenvalue weighted by Gasteiger charge is 2.14. The summed E-state index contributed by atoms with van der Waals surface area (Å²) in [6.45, 7) is 0. The number of carbonyl (C=O) groups excluding carboxylic acids is 1. The molecule has 142 valence electrons. The zero-order chi connectivity index (χ0) is 20.1. The van der Waals surface area contributed by atoms with E-state index in [9.17, 15) is 4.79 Å². The minimum Gasteiger partial charge on any atom is -0.325 e. The SMILES string of the molecule is N#CCc1ccc(NC(=O)CSc2nc3ccccc3n2-c2ccccc2)cc1. The van der Waals surface area contributed by atoms with Crippen molar-refractivity contribution in [2.45, 2.75) is 11.6 Å². The largest absolute Gasteiger partial charge is 0.325 e. The number of amides is 1. The Labute approximate surface area is 173 Å². The molecule has 4 aromatic rings.